The van der Waals surface area contributed by atoms with Gasteiger partial charge < -0.3 is 20.2 Å². The second-order valence-corrected chi connectivity index (χ2v) is 7.44. The number of furan rings is 1. The highest BCUT2D eigenvalue weighted by Gasteiger charge is 2.22. The van der Waals surface area contributed by atoms with Gasteiger partial charge in [-0.1, -0.05) is 11.8 Å². The number of ether oxygens (including phenoxy) is 1. The summed E-state index contributed by atoms with van der Waals surface area (Å²) in [5.41, 5.74) is 5.95. The van der Waals surface area contributed by atoms with Crippen LogP contribution >= 0.6 is 11.8 Å². The van der Waals surface area contributed by atoms with E-state index >= 15 is 0 Å². The molecule has 2 heterocycles. The van der Waals surface area contributed by atoms with Crippen LogP contribution in [0.15, 0.2) is 52.2 Å². The Morgan fingerprint density at radius 3 is 2.66 bits per heavy atom. The maximum atomic E-state index is 12.6. The Labute approximate surface area is 171 Å². The lowest BCUT2D eigenvalue weighted by Crippen LogP contribution is -2.23. The van der Waals surface area contributed by atoms with Crippen LogP contribution in [-0.4, -0.2) is 38.9 Å². The summed E-state index contributed by atoms with van der Waals surface area (Å²) in [5.74, 6) is 1.07. The molecule has 2 aromatic heterocycles. The number of carbonyl (C=O) groups excluding carboxylic acids is 2. The molecule has 0 aliphatic heterocycles. The van der Waals surface area contributed by atoms with Crippen LogP contribution < -0.4 is 15.8 Å². The van der Waals surface area contributed by atoms with Crippen LogP contribution in [0.1, 0.15) is 13.3 Å². The summed E-state index contributed by atoms with van der Waals surface area (Å²) in [6.07, 6.45) is 1.64. The minimum Gasteiger partial charge on any atom is -0.497 e. The monoisotopic (exact) mass is 415 g/mol. The van der Waals surface area contributed by atoms with Crippen LogP contribution in [0, 0.1) is 0 Å². The second kappa shape index (κ2) is 9.28. The highest BCUT2D eigenvalue weighted by Crippen LogP contribution is 2.28. The number of rotatable bonds is 9. The topological polar surface area (TPSA) is 125 Å². The van der Waals surface area contributed by atoms with Crippen molar-refractivity contribution in [2.45, 2.75) is 30.3 Å². The fraction of sp³-hybridized carbons (Fsp3) is 0.263. The molecule has 0 saturated carbocycles. The number of nitrogens with one attached hydrogen (secondary N) is 1. The van der Waals surface area contributed by atoms with E-state index in [1.54, 1.807) is 55.0 Å². The lowest BCUT2D eigenvalue weighted by molar-refractivity contribution is -0.118. The molecule has 0 bridgehead atoms. The van der Waals surface area contributed by atoms with Crippen molar-refractivity contribution in [2.75, 3.05) is 12.4 Å². The third-order valence-electron chi connectivity index (χ3n) is 4.05. The molecule has 2 amide bonds. The molecule has 0 radical (unpaired) electrons. The summed E-state index contributed by atoms with van der Waals surface area (Å²) in [6, 6.07) is 10.5. The molecule has 29 heavy (non-hydrogen) atoms. The number of hydrogen-bond donors (Lipinski definition) is 2. The average molecular weight is 415 g/mol. The first kappa shape index (κ1) is 20.5. The SMILES string of the molecule is COc1ccc(NC(=O)C(C)Sc2nnc(-c3ccco3)n2CCC(N)=O)cc1. The van der Waals surface area contributed by atoms with Crippen molar-refractivity contribution in [2.24, 2.45) is 5.73 Å². The molecule has 0 saturated heterocycles. The number of primary amides is 1. The van der Waals surface area contributed by atoms with Crippen molar-refractivity contribution in [3.63, 3.8) is 0 Å². The number of amides is 2. The van der Waals surface area contributed by atoms with E-state index in [1.165, 1.54) is 18.0 Å². The molecule has 3 rings (SSSR count). The minimum absolute atomic E-state index is 0.117. The van der Waals surface area contributed by atoms with Crippen LogP contribution in [-0.2, 0) is 16.1 Å². The van der Waals surface area contributed by atoms with Gasteiger partial charge in [-0.05, 0) is 43.3 Å². The van der Waals surface area contributed by atoms with Gasteiger partial charge in [0, 0.05) is 18.7 Å². The zero-order valence-electron chi connectivity index (χ0n) is 16.0. The van der Waals surface area contributed by atoms with E-state index in [4.69, 9.17) is 14.9 Å². The Balaban J connectivity index is 1.73. The minimum atomic E-state index is -0.460. The summed E-state index contributed by atoms with van der Waals surface area (Å²) in [5, 5.41) is 11.2. The number of carbonyl (C=O) groups is 2. The van der Waals surface area contributed by atoms with Gasteiger partial charge in [-0.15, -0.1) is 10.2 Å². The van der Waals surface area contributed by atoms with Gasteiger partial charge in [-0.3, -0.25) is 14.2 Å². The summed E-state index contributed by atoms with van der Waals surface area (Å²) in [7, 11) is 1.58. The van der Waals surface area contributed by atoms with Crippen LogP contribution in [0.25, 0.3) is 11.6 Å². The zero-order chi connectivity index (χ0) is 20.8. The quantitative estimate of drug-likeness (QED) is 0.514. The lowest BCUT2D eigenvalue weighted by atomic mass is 10.3. The number of nitrogens with two attached hydrogens (primary N) is 1. The van der Waals surface area contributed by atoms with Crippen molar-refractivity contribution < 1.29 is 18.7 Å². The van der Waals surface area contributed by atoms with Gasteiger partial charge in [0.05, 0.1) is 18.6 Å². The summed E-state index contributed by atoms with van der Waals surface area (Å²) >= 11 is 1.23. The molecular formula is C19H21N5O4S. The molecular weight excluding hydrogens is 394 g/mol. The summed E-state index contributed by atoms with van der Waals surface area (Å²) < 4.78 is 12.2. The van der Waals surface area contributed by atoms with Crippen molar-refractivity contribution in [1.29, 1.82) is 0 Å². The van der Waals surface area contributed by atoms with Crippen molar-refractivity contribution in [3.8, 4) is 17.3 Å². The number of thioether (sulfide) groups is 1. The van der Waals surface area contributed by atoms with Crippen molar-refractivity contribution in [1.82, 2.24) is 14.8 Å². The smallest absolute Gasteiger partial charge is 0.237 e. The van der Waals surface area contributed by atoms with Crippen molar-refractivity contribution >= 4 is 29.3 Å². The normalized spacial score (nSPS) is 11.8. The first-order valence-electron chi connectivity index (χ1n) is 8.85. The zero-order valence-corrected chi connectivity index (χ0v) is 16.8. The maximum Gasteiger partial charge on any atom is 0.237 e. The van der Waals surface area contributed by atoms with E-state index in [0.717, 1.165) is 0 Å². The van der Waals surface area contributed by atoms with E-state index in [2.05, 4.69) is 15.5 Å². The summed E-state index contributed by atoms with van der Waals surface area (Å²) in [6.45, 7) is 2.05. The van der Waals surface area contributed by atoms with E-state index in [1.807, 2.05) is 0 Å². The molecule has 0 aliphatic carbocycles. The number of aromatic nitrogens is 3. The average Bonchev–Trinajstić information content (AvgIpc) is 3.36. The van der Waals surface area contributed by atoms with Gasteiger partial charge in [-0.25, -0.2) is 0 Å². The number of benzene rings is 1. The van der Waals surface area contributed by atoms with Crippen LogP contribution in [0.4, 0.5) is 5.69 Å². The second-order valence-electron chi connectivity index (χ2n) is 6.13. The van der Waals surface area contributed by atoms with E-state index in [9.17, 15) is 9.59 Å². The van der Waals surface area contributed by atoms with Crippen molar-refractivity contribution in [3.05, 3.63) is 42.7 Å². The fourth-order valence-electron chi connectivity index (χ4n) is 2.52. The van der Waals surface area contributed by atoms with Gasteiger partial charge in [0.2, 0.25) is 11.8 Å². The molecule has 3 N–H and O–H groups in total. The highest BCUT2D eigenvalue weighted by atomic mass is 32.2. The number of nitrogens with zero attached hydrogens (tertiary/aromatic N) is 3. The Bertz CT molecular complexity index is 969. The molecule has 1 aromatic carbocycles. The number of hydrogen-bond acceptors (Lipinski definition) is 7. The van der Waals surface area contributed by atoms with Gasteiger partial charge >= 0.3 is 0 Å². The van der Waals surface area contributed by atoms with Crippen LogP contribution in [0.3, 0.4) is 0 Å². The number of anilines is 1. The third kappa shape index (κ3) is 5.17. The van der Waals surface area contributed by atoms with E-state index in [0.29, 0.717) is 28.2 Å². The maximum absolute atomic E-state index is 12.6. The van der Waals surface area contributed by atoms with Crippen LogP contribution in [0.2, 0.25) is 0 Å². The molecule has 3 aromatic rings. The third-order valence-corrected chi connectivity index (χ3v) is 5.13. The molecule has 152 valence electrons. The molecule has 0 aliphatic rings. The first-order valence-corrected chi connectivity index (χ1v) is 9.73. The Morgan fingerprint density at radius 1 is 1.28 bits per heavy atom. The first-order chi connectivity index (χ1) is 14.0. The predicted molar refractivity (Wildman–Crippen MR) is 108 cm³/mol. The Hall–Kier alpha value is -3.27. The Morgan fingerprint density at radius 2 is 2.03 bits per heavy atom. The molecule has 1 atom stereocenters. The standard InChI is InChI=1S/C19H21N5O4S/c1-12(18(26)21-13-5-7-14(27-2)8-6-13)29-19-23-22-17(15-4-3-11-28-15)24(19)10-9-16(20)25/h3-8,11-12H,9-10H2,1-2H3,(H2,20,25)(H,21,26). The molecule has 0 spiro atoms. The van der Waals surface area contributed by atoms with Gasteiger partial charge in [0.25, 0.3) is 0 Å². The molecule has 10 heteroatoms. The Kier molecular flexibility index (Phi) is 6.55. The van der Waals surface area contributed by atoms with Gasteiger partial charge in [0.1, 0.15) is 5.75 Å². The molecule has 0 fully saturated rings. The lowest BCUT2D eigenvalue weighted by Gasteiger charge is -2.13. The molecule has 1 unspecified atom stereocenters. The predicted octanol–water partition coefficient (Wildman–Crippen LogP) is 2.54. The van der Waals surface area contributed by atoms with Gasteiger partial charge in [0.15, 0.2) is 16.7 Å². The van der Waals surface area contributed by atoms with E-state index in [-0.39, 0.29) is 18.9 Å². The highest BCUT2D eigenvalue weighted by molar-refractivity contribution is 8.00. The largest absolute Gasteiger partial charge is 0.497 e. The van der Waals surface area contributed by atoms with E-state index < -0.39 is 11.2 Å². The van der Waals surface area contributed by atoms with Gasteiger partial charge in [-0.2, -0.15) is 0 Å². The fourth-order valence-corrected chi connectivity index (χ4v) is 3.39. The summed E-state index contributed by atoms with van der Waals surface area (Å²) in [4.78, 5) is 23.8. The van der Waals surface area contributed by atoms with Crippen LogP contribution in [0.5, 0.6) is 5.75 Å². The number of methoxy groups -OCH3 is 1. The molecule has 9 nitrogen and oxygen atoms in total.